The first-order valence-electron chi connectivity index (χ1n) is 6.33. The molecule has 1 aromatic carbocycles. The Bertz CT molecular complexity index is 557. The molecule has 1 N–H and O–H groups in total. The van der Waals surface area contributed by atoms with E-state index in [1.165, 1.54) is 12.1 Å². The number of halogens is 2. The Balaban J connectivity index is 0.00000147. The molecule has 20 heavy (non-hydrogen) atoms. The molecule has 1 saturated heterocycles. The molecule has 0 radical (unpaired) electrons. The fourth-order valence-corrected chi connectivity index (χ4v) is 2.12. The number of nitrogens with zero attached hydrogens (tertiary/aromatic N) is 3. The van der Waals surface area contributed by atoms with E-state index in [0.29, 0.717) is 23.8 Å². The smallest absolute Gasteiger partial charge is 0.241 e. The van der Waals surface area contributed by atoms with E-state index in [4.69, 9.17) is 4.52 Å². The SMILES string of the molecule is Cl.Fc1cccc(-c2noc(CN3CCNCC3)n2)c1. The molecule has 1 aliphatic heterocycles. The van der Waals surface area contributed by atoms with Crippen molar-refractivity contribution in [2.75, 3.05) is 26.2 Å². The largest absolute Gasteiger partial charge is 0.338 e. The van der Waals surface area contributed by atoms with Crippen LogP contribution in [-0.4, -0.2) is 41.2 Å². The molecule has 2 aromatic rings. The molecule has 7 heteroatoms. The summed E-state index contributed by atoms with van der Waals surface area (Å²) in [7, 11) is 0. The Labute approximate surface area is 122 Å². The highest BCUT2D eigenvalue weighted by Crippen LogP contribution is 2.17. The van der Waals surface area contributed by atoms with Gasteiger partial charge in [-0.3, -0.25) is 4.90 Å². The van der Waals surface area contributed by atoms with E-state index < -0.39 is 0 Å². The van der Waals surface area contributed by atoms with Gasteiger partial charge in [0.2, 0.25) is 11.7 Å². The van der Waals surface area contributed by atoms with Crippen molar-refractivity contribution >= 4 is 12.4 Å². The lowest BCUT2D eigenvalue weighted by Gasteiger charge is -2.25. The molecule has 0 spiro atoms. The van der Waals surface area contributed by atoms with Crippen molar-refractivity contribution in [2.45, 2.75) is 6.54 Å². The van der Waals surface area contributed by atoms with Crippen LogP contribution in [0.2, 0.25) is 0 Å². The summed E-state index contributed by atoms with van der Waals surface area (Å²) in [5.74, 6) is 0.705. The minimum atomic E-state index is -0.300. The topological polar surface area (TPSA) is 54.2 Å². The summed E-state index contributed by atoms with van der Waals surface area (Å²) in [5.41, 5.74) is 0.635. The van der Waals surface area contributed by atoms with Gasteiger partial charge in [-0.25, -0.2) is 4.39 Å². The highest BCUT2D eigenvalue weighted by Gasteiger charge is 2.15. The van der Waals surface area contributed by atoms with Gasteiger partial charge >= 0.3 is 0 Å². The standard InChI is InChI=1S/C13H15FN4O.ClH/c14-11-3-1-2-10(8-11)13-16-12(19-17-13)9-18-6-4-15-5-7-18;/h1-3,8,15H,4-7,9H2;1H. The maximum Gasteiger partial charge on any atom is 0.241 e. The molecule has 0 amide bonds. The number of nitrogens with one attached hydrogen (secondary N) is 1. The van der Waals surface area contributed by atoms with E-state index in [2.05, 4.69) is 20.4 Å². The normalized spacial score (nSPS) is 15.8. The van der Waals surface area contributed by atoms with Gasteiger partial charge in [0.15, 0.2) is 0 Å². The van der Waals surface area contributed by atoms with Crippen LogP contribution in [0.1, 0.15) is 5.89 Å². The number of benzene rings is 1. The van der Waals surface area contributed by atoms with E-state index in [1.54, 1.807) is 12.1 Å². The Kier molecular flexibility index (Phi) is 5.05. The minimum absolute atomic E-state index is 0. The third-order valence-electron chi connectivity index (χ3n) is 3.12. The lowest BCUT2D eigenvalue weighted by molar-refractivity contribution is 0.203. The number of hydrogen-bond acceptors (Lipinski definition) is 5. The average Bonchev–Trinajstić information content (AvgIpc) is 2.88. The molecule has 0 bridgehead atoms. The van der Waals surface area contributed by atoms with Crippen LogP contribution in [0.3, 0.4) is 0 Å². The van der Waals surface area contributed by atoms with Gasteiger partial charge in [0.25, 0.3) is 0 Å². The van der Waals surface area contributed by atoms with Crippen molar-refractivity contribution in [3.05, 3.63) is 36.0 Å². The first-order valence-corrected chi connectivity index (χ1v) is 6.33. The first kappa shape index (κ1) is 14.9. The van der Waals surface area contributed by atoms with Gasteiger partial charge in [0.05, 0.1) is 6.54 Å². The van der Waals surface area contributed by atoms with Crippen LogP contribution in [0, 0.1) is 5.82 Å². The maximum atomic E-state index is 13.1. The molecular weight excluding hydrogens is 283 g/mol. The Morgan fingerprint density at radius 1 is 1.30 bits per heavy atom. The zero-order valence-electron chi connectivity index (χ0n) is 10.9. The lowest BCUT2D eigenvalue weighted by Crippen LogP contribution is -2.42. The zero-order valence-corrected chi connectivity index (χ0v) is 11.7. The van der Waals surface area contributed by atoms with Gasteiger partial charge in [0, 0.05) is 31.7 Å². The summed E-state index contributed by atoms with van der Waals surface area (Å²) in [4.78, 5) is 6.56. The quantitative estimate of drug-likeness (QED) is 0.935. The number of piperazine rings is 1. The molecule has 0 unspecified atom stereocenters. The number of rotatable bonds is 3. The molecule has 5 nitrogen and oxygen atoms in total. The molecule has 1 aromatic heterocycles. The van der Waals surface area contributed by atoms with E-state index in [0.717, 1.165) is 26.2 Å². The van der Waals surface area contributed by atoms with Crippen molar-refractivity contribution in [3.63, 3.8) is 0 Å². The van der Waals surface area contributed by atoms with Gasteiger partial charge in [-0.15, -0.1) is 12.4 Å². The summed E-state index contributed by atoms with van der Waals surface area (Å²) >= 11 is 0. The second kappa shape index (κ2) is 6.78. The van der Waals surface area contributed by atoms with Crippen molar-refractivity contribution < 1.29 is 8.91 Å². The molecule has 0 saturated carbocycles. The zero-order chi connectivity index (χ0) is 13.1. The van der Waals surface area contributed by atoms with Crippen LogP contribution < -0.4 is 5.32 Å². The predicted molar refractivity (Wildman–Crippen MR) is 75.1 cm³/mol. The highest BCUT2D eigenvalue weighted by atomic mass is 35.5. The summed E-state index contributed by atoms with van der Waals surface area (Å²) < 4.78 is 18.3. The van der Waals surface area contributed by atoms with Crippen LogP contribution in [-0.2, 0) is 6.54 Å². The van der Waals surface area contributed by atoms with Crippen molar-refractivity contribution in [1.29, 1.82) is 0 Å². The minimum Gasteiger partial charge on any atom is -0.338 e. The molecule has 2 heterocycles. The molecule has 108 valence electrons. The average molecular weight is 299 g/mol. The second-order valence-corrected chi connectivity index (χ2v) is 4.55. The maximum absolute atomic E-state index is 13.1. The molecule has 0 aliphatic carbocycles. The third-order valence-corrected chi connectivity index (χ3v) is 3.12. The monoisotopic (exact) mass is 298 g/mol. The molecule has 3 rings (SSSR count). The van der Waals surface area contributed by atoms with Crippen molar-refractivity contribution in [2.24, 2.45) is 0 Å². The fraction of sp³-hybridized carbons (Fsp3) is 0.385. The van der Waals surface area contributed by atoms with E-state index in [9.17, 15) is 4.39 Å². The van der Waals surface area contributed by atoms with Crippen LogP contribution in [0.25, 0.3) is 11.4 Å². The Hall–Kier alpha value is -1.50. The summed E-state index contributed by atoms with van der Waals surface area (Å²) in [6, 6.07) is 6.20. The Morgan fingerprint density at radius 3 is 2.85 bits per heavy atom. The lowest BCUT2D eigenvalue weighted by atomic mass is 10.2. The molecule has 1 fully saturated rings. The predicted octanol–water partition coefficient (Wildman–Crippen LogP) is 1.70. The van der Waals surface area contributed by atoms with Crippen molar-refractivity contribution in [3.8, 4) is 11.4 Å². The second-order valence-electron chi connectivity index (χ2n) is 4.55. The fourth-order valence-electron chi connectivity index (χ4n) is 2.12. The highest BCUT2D eigenvalue weighted by molar-refractivity contribution is 5.85. The van der Waals surface area contributed by atoms with Crippen LogP contribution in [0.15, 0.2) is 28.8 Å². The molecule has 0 atom stereocenters. The molecular formula is C13H16ClFN4O. The number of aromatic nitrogens is 2. The van der Waals surface area contributed by atoms with Crippen LogP contribution in [0.4, 0.5) is 4.39 Å². The number of hydrogen-bond donors (Lipinski definition) is 1. The van der Waals surface area contributed by atoms with Gasteiger partial charge in [-0.2, -0.15) is 4.98 Å². The van der Waals surface area contributed by atoms with Gasteiger partial charge in [-0.1, -0.05) is 17.3 Å². The van der Waals surface area contributed by atoms with E-state index >= 15 is 0 Å². The van der Waals surface area contributed by atoms with Crippen LogP contribution in [0.5, 0.6) is 0 Å². The summed E-state index contributed by atoms with van der Waals surface area (Å²) in [6.45, 7) is 4.54. The van der Waals surface area contributed by atoms with Crippen molar-refractivity contribution in [1.82, 2.24) is 20.4 Å². The van der Waals surface area contributed by atoms with Gasteiger partial charge in [0.1, 0.15) is 5.82 Å². The van der Waals surface area contributed by atoms with Gasteiger partial charge < -0.3 is 9.84 Å². The summed E-state index contributed by atoms with van der Waals surface area (Å²) in [6.07, 6.45) is 0. The van der Waals surface area contributed by atoms with Gasteiger partial charge in [-0.05, 0) is 12.1 Å². The third kappa shape index (κ3) is 3.53. The van der Waals surface area contributed by atoms with E-state index in [1.807, 2.05) is 0 Å². The summed E-state index contributed by atoms with van der Waals surface area (Å²) in [5, 5.41) is 7.19. The Morgan fingerprint density at radius 2 is 2.10 bits per heavy atom. The van der Waals surface area contributed by atoms with Crippen LogP contribution >= 0.6 is 12.4 Å². The first-order chi connectivity index (χ1) is 9.31. The van der Waals surface area contributed by atoms with E-state index in [-0.39, 0.29) is 18.2 Å². The molecule has 1 aliphatic rings.